The minimum atomic E-state index is -3.81. The van der Waals surface area contributed by atoms with Gasteiger partial charge in [-0.2, -0.15) is 4.31 Å². The normalized spacial score (nSPS) is 17.8. The van der Waals surface area contributed by atoms with Gasteiger partial charge in [0, 0.05) is 18.8 Å². The van der Waals surface area contributed by atoms with E-state index in [4.69, 9.17) is 5.73 Å². The molecule has 6 heteroatoms. The van der Waals surface area contributed by atoms with Crippen LogP contribution >= 0.6 is 0 Å². The van der Waals surface area contributed by atoms with Crippen molar-refractivity contribution in [3.8, 4) is 0 Å². The molecule has 0 amide bonds. The van der Waals surface area contributed by atoms with Gasteiger partial charge in [-0.25, -0.2) is 12.8 Å². The summed E-state index contributed by atoms with van der Waals surface area (Å²) in [5, 5.41) is 0. The van der Waals surface area contributed by atoms with Crippen LogP contribution in [0.1, 0.15) is 32.1 Å². The molecule has 0 heterocycles. The molecule has 0 radical (unpaired) electrons. The molecular weight excluding hydrogens is 267 g/mol. The molecule has 0 unspecified atom stereocenters. The van der Waals surface area contributed by atoms with E-state index in [0.29, 0.717) is 0 Å². The molecule has 0 atom stereocenters. The molecule has 0 aromatic heterocycles. The molecule has 0 aliphatic heterocycles. The molecule has 1 aliphatic carbocycles. The van der Waals surface area contributed by atoms with Crippen molar-refractivity contribution in [1.82, 2.24) is 4.31 Å². The van der Waals surface area contributed by atoms with E-state index in [1.807, 2.05) is 0 Å². The van der Waals surface area contributed by atoms with Gasteiger partial charge in [-0.1, -0.05) is 19.3 Å². The van der Waals surface area contributed by atoms with Crippen LogP contribution in [0.4, 0.5) is 10.1 Å². The molecule has 1 aliphatic rings. The standard InChI is InChI=1S/C13H19FN2O2S/c1-16(11-5-3-2-4-6-11)19(17,18)13-9-10(15)7-8-12(13)14/h7-9,11H,2-6,15H2,1H3. The lowest BCUT2D eigenvalue weighted by atomic mass is 9.96. The third kappa shape index (κ3) is 2.90. The molecule has 0 bridgehead atoms. The Morgan fingerprint density at radius 3 is 2.53 bits per heavy atom. The van der Waals surface area contributed by atoms with Crippen molar-refractivity contribution < 1.29 is 12.8 Å². The van der Waals surface area contributed by atoms with Gasteiger partial charge >= 0.3 is 0 Å². The van der Waals surface area contributed by atoms with Crippen molar-refractivity contribution in [2.24, 2.45) is 0 Å². The molecule has 19 heavy (non-hydrogen) atoms. The summed E-state index contributed by atoms with van der Waals surface area (Å²) < 4.78 is 39.9. The van der Waals surface area contributed by atoms with Crippen LogP contribution in [0.15, 0.2) is 23.1 Å². The van der Waals surface area contributed by atoms with Crippen molar-refractivity contribution >= 4 is 15.7 Å². The van der Waals surface area contributed by atoms with Crippen LogP contribution in [0.2, 0.25) is 0 Å². The first-order valence-corrected chi connectivity index (χ1v) is 7.90. The predicted molar refractivity (Wildman–Crippen MR) is 72.6 cm³/mol. The van der Waals surface area contributed by atoms with Crippen molar-refractivity contribution in [1.29, 1.82) is 0 Å². The molecule has 1 aromatic rings. The fourth-order valence-corrected chi connectivity index (χ4v) is 4.03. The summed E-state index contributed by atoms with van der Waals surface area (Å²) in [6.45, 7) is 0. The first-order chi connectivity index (χ1) is 8.93. The van der Waals surface area contributed by atoms with E-state index in [0.717, 1.165) is 38.2 Å². The Labute approximate surface area is 113 Å². The molecule has 1 aromatic carbocycles. The number of nitrogens with zero attached hydrogens (tertiary/aromatic N) is 1. The molecular formula is C13H19FN2O2S. The molecule has 2 N–H and O–H groups in total. The molecule has 106 valence electrons. The maximum absolute atomic E-state index is 13.7. The largest absolute Gasteiger partial charge is 0.399 e. The van der Waals surface area contributed by atoms with E-state index in [1.54, 1.807) is 0 Å². The Balaban J connectivity index is 2.33. The van der Waals surface area contributed by atoms with Crippen LogP contribution in [0.25, 0.3) is 0 Å². The van der Waals surface area contributed by atoms with E-state index in [2.05, 4.69) is 0 Å². The minimum absolute atomic E-state index is 0.0421. The van der Waals surface area contributed by atoms with Gasteiger partial charge in [0.25, 0.3) is 0 Å². The zero-order chi connectivity index (χ0) is 14.0. The Kier molecular flexibility index (Phi) is 4.10. The molecule has 0 spiro atoms. The summed E-state index contributed by atoms with van der Waals surface area (Å²) in [4.78, 5) is -0.333. The van der Waals surface area contributed by atoms with Crippen LogP contribution in [-0.2, 0) is 10.0 Å². The molecule has 0 saturated heterocycles. The number of benzene rings is 1. The minimum Gasteiger partial charge on any atom is -0.399 e. The highest BCUT2D eigenvalue weighted by Crippen LogP contribution is 2.28. The zero-order valence-corrected chi connectivity index (χ0v) is 11.8. The Hall–Kier alpha value is -1.14. The van der Waals surface area contributed by atoms with Crippen LogP contribution < -0.4 is 5.73 Å². The van der Waals surface area contributed by atoms with Gasteiger partial charge in [-0.15, -0.1) is 0 Å². The van der Waals surface area contributed by atoms with E-state index < -0.39 is 15.8 Å². The maximum atomic E-state index is 13.7. The first-order valence-electron chi connectivity index (χ1n) is 6.46. The van der Waals surface area contributed by atoms with E-state index >= 15 is 0 Å². The number of anilines is 1. The number of sulfonamides is 1. The number of hydrogen-bond donors (Lipinski definition) is 1. The summed E-state index contributed by atoms with van der Waals surface area (Å²) in [5.74, 6) is -0.753. The SMILES string of the molecule is CN(C1CCCCC1)S(=O)(=O)c1cc(N)ccc1F. The highest BCUT2D eigenvalue weighted by Gasteiger charge is 2.31. The summed E-state index contributed by atoms with van der Waals surface area (Å²) in [7, 11) is -2.29. The number of hydrogen-bond acceptors (Lipinski definition) is 3. The van der Waals surface area contributed by atoms with Crippen molar-refractivity contribution in [3.63, 3.8) is 0 Å². The van der Waals surface area contributed by atoms with E-state index in [-0.39, 0.29) is 16.6 Å². The summed E-state index contributed by atoms with van der Waals surface area (Å²) >= 11 is 0. The molecule has 1 saturated carbocycles. The fraction of sp³-hybridized carbons (Fsp3) is 0.538. The van der Waals surface area contributed by atoms with Gasteiger partial charge < -0.3 is 5.73 Å². The second-order valence-corrected chi connectivity index (χ2v) is 6.97. The first kappa shape index (κ1) is 14.3. The number of halogens is 1. The van der Waals surface area contributed by atoms with Gasteiger partial charge in [-0.3, -0.25) is 0 Å². The summed E-state index contributed by atoms with van der Waals surface area (Å²) in [6.07, 6.45) is 4.84. The highest BCUT2D eigenvalue weighted by atomic mass is 32.2. The quantitative estimate of drug-likeness (QED) is 0.868. The Morgan fingerprint density at radius 2 is 1.89 bits per heavy atom. The smallest absolute Gasteiger partial charge is 0.246 e. The third-order valence-electron chi connectivity index (χ3n) is 3.70. The predicted octanol–water partition coefficient (Wildman–Crippen LogP) is 2.36. The Bertz CT molecular complexity index is 554. The zero-order valence-electron chi connectivity index (χ0n) is 11.0. The second-order valence-electron chi connectivity index (χ2n) is 5.00. The lowest BCUT2D eigenvalue weighted by Gasteiger charge is -2.30. The second kappa shape index (κ2) is 5.46. The number of rotatable bonds is 3. The molecule has 2 rings (SSSR count). The van der Waals surface area contributed by atoms with E-state index in [9.17, 15) is 12.8 Å². The number of nitrogen functional groups attached to an aromatic ring is 1. The van der Waals surface area contributed by atoms with Crippen LogP contribution in [0.3, 0.4) is 0 Å². The Morgan fingerprint density at radius 1 is 1.26 bits per heavy atom. The van der Waals surface area contributed by atoms with Gasteiger partial charge in [0.2, 0.25) is 10.0 Å². The summed E-state index contributed by atoms with van der Waals surface area (Å²) in [6, 6.07) is 3.59. The van der Waals surface area contributed by atoms with E-state index in [1.165, 1.54) is 23.5 Å². The van der Waals surface area contributed by atoms with Crippen molar-refractivity contribution in [2.75, 3.05) is 12.8 Å². The van der Waals surface area contributed by atoms with Gasteiger partial charge in [0.05, 0.1) is 0 Å². The van der Waals surface area contributed by atoms with Gasteiger partial charge in [-0.05, 0) is 31.0 Å². The van der Waals surface area contributed by atoms with Crippen LogP contribution in [-0.4, -0.2) is 25.8 Å². The average molecular weight is 286 g/mol. The van der Waals surface area contributed by atoms with Crippen LogP contribution in [0, 0.1) is 5.82 Å². The number of nitrogens with two attached hydrogens (primary N) is 1. The summed E-state index contributed by atoms with van der Waals surface area (Å²) in [5.41, 5.74) is 5.80. The van der Waals surface area contributed by atoms with Gasteiger partial charge in [0.1, 0.15) is 10.7 Å². The lowest BCUT2D eigenvalue weighted by molar-refractivity contribution is 0.285. The van der Waals surface area contributed by atoms with Gasteiger partial charge in [0.15, 0.2) is 0 Å². The van der Waals surface area contributed by atoms with Crippen molar-refractivity contribution in [2.45, 2.75) is 43.0 Å². The monoisotopic (exact) mass is 286 g/mol. The fourth-order valence-electron chi connectivity index (χ4n) is 2.51. The lowest BCUT2D eigenvalue weighted by Crippen LogP contribution is -2.38. The maximum Gasteiger partial charge on any atom is 0.246 e. The molecule has 4 nitrogen and oxygen atoms in total. The van der Waals surface area contributed by atoms with Crippen molar-refractivity contribution in [3.05, 3.63) is 24.0 Å². The average Bonchev–Trinajstić information content (AvgIpc) is 2.41. The van der Waals surface area contributed by atoms with Crippen LogP contribution in [0.5, 0.6) is 0 Å². The third-order valence-corrected chi connectivity index (χ3v) is 5.63. The topological polar surface area (TPSA) is 63.4 Å². The highest BCUT2D eigenvalue weighted by molar-refractivity contribution is 7.89. The molecule has 1 fully saturated rings.